The molecule has 21 heavy (non-hydrogen) atoms. The van der Waals surface area contributed by atoms with Crippen LogP contribution in [0.2, 0.25) is 0 Å². The van der Waals surface area contributed by atoms with Gasteiger partial charge in [-0.2, -0.15) is 0 Å². The van der Waals surface area contributed by atoms with Gasteiger partial charge < -0.3 is 0 Å². The molecule has 0 aliphatic carbocycles. The van der Waals surface area contributed by atoms with Gasteiger partial charge in [0.2, 0.25) is 0 Å². The molecule has 0 saturated carbocycles. The highest BCUT2D eigenvalue weighted by molar-refractivity contribution is 9.10. The van der Waals surface area contributed by atoms with Crippen molar-refractivity contribution in [1.82, 2.24) is 9.55 Å². The molecule has 0 atom stereocenters. The van der Waals surface area contributed by atoms with Gasteiger partial charge in [0.15, 0.2) is 11.6 Å². The first-order valence-corrected chi connectivity index (χ1v) is 6.93. The van der Waals surface area contributed by atoms with Crippen LogP contribution < -0.4 is 5.56 Å². The Balaban J connectivity index is 2.09. The highest BCUT2D eigenvalue weighted by atomic mass is 79.9. The number of benzene rings is 2. The second-order valence-corrected chi connectivity index (χ2v) is 5.47. The predicted molar refractivity (Wildman–Crippen MR) is 79.2 cm³/mol. The Bertz CT molecular complexity index is 892. The van der Waals surface area contributed by atoms with Crippen molar-refractivity contribution in [3.63, 3.8) is 0 Å². The minimum Gasteiger partial charge on any atom is -0.294 e. The van der Waals surface area contributed by atoms with Crippen molar-refractivity contribution in [2.45, 2.75) is 6.54 Å². The van der Waals surface area contributed by atoms with Crippen molar-refractivity contribution in [2.75, 3.05) is 0 Å². The van der Waals surface area contributed by atoms with E-state index in [1.165, 1.54) is 23.0 Å². The molecule has 106 valence electrons. The largest absolute Gasteiger partial charge is 0.294 e. The molecule has 2 aromatic carbocycles. The fourth-order valence-corrected chi connectivity index (χ4v) is 2.45. The van der Waals surface area contributed by atoms with Crippen LogP contribution in [0.1, 0.15) is 5.56 Å². The van der Waals surface area contributed by atoms with E-state index >= 15 is 0 Å². The van der Waals surface area contributed by atoms with Crippen LogP contribution in [0, 0.1) is 11.6 Å². The van der Waals surface area contributed by atoms with Gasteiger partial charge in [0.1, 0.15) is 0 Å². The van der Waals surface area contributed by atoms with E-state index in [4.69, 9.17) is 0 Å². The zero-order valence-corrected chi connectivity index (χ0v) is 12.3. The number of fused-ring (bicyclic) bond motifs is 1. The quantitative estimate of drug-likeness (QED) is 0.709. The molecule has 3 aromatic rings. The maximum absolute atomic E-state index is 13.7. The van der Waals surface area contributed by atoms with Crippen LogP contribution >= 0.6 is 15.9 Å². The average molecular weight is 351 g/mol. The van der Waals surface area contributed by atoms with Crippen LogP contribution in [-0.4, -0.2) is 9.55 Å². The van der Waals surface area contributed by atoms with Crippen molar-refractivity contribution in [3.05, 3.63) is 74.7 Å². The van der Waals surface area contributed by atoms with Gasteiger partial charge in [0.05, 0.1) is 23.8 Å². The Kier molecular flexibility index (Phi) is 3.55. The molecule has 0 bridgehead atoms. The van der Waals surface area contributed by atoms with Crippen LogP contribution in [0.4, 0.5) is 8.78 Å². The first-order valence-electron chi connectivity index (χ1n) is 6.14. The Hall–Kier alpha value is -2.08. The van der Waals surface area contributed by atoms with Crippen molar-refractivity contribution >= 4 is 26.8 Å². The molecule has 1 aromatic heterocycles. The van der Waals surface area contributed by atoms with Gasteiger partial charge in [-0.25, -0.2) is 13.8 Å². The smallest absolute Gasteiger partial charge is 0.261 e. The van der Waals surface area contributed by atoms with E-state index in [0.717, 1.165) is 10.5 Å². The Labute approximate surface area is 127 Å². The van der Waals surface area contributed by atoms with Crippen molar-refractivity contribution in [3.8, 4) is 0 Å². The molecule has 6 heteroatoms. The van der Waals surface area contributed by atoms with Crippen LogP contribution in [0.5, 0.6) is 0 Å². The van der Waals surface area contributed by atoms with Crippen molar-refractivity contribution < 1.29 is 8.78 Å². The zero-order valence-electron chi connectivity index (χ0n) is 10.7. The second kappa shape index (κ2) is 5.37. The molecule has 0 spiro atoms. The summed E-state index contributed by atoms with van der Waals surface area (Å²) >= 11 is 3.31. The van der Waals surface area contributed by atoms with Crippen LogP contribution in [0.25, 0.3) is 10.9 Å². The van der Waals surface area contributed by atoms with E-state index in [1.54, 1.807) is 18.2 Å². The molecule has 3 nitrogen and oxygen atoms in total. The summed E-state index contributed by atoms with van der Waals surface area (Å²) in [5, 5.41) is 0.428. The molecule has 0 amide bonds. The van der Waals surface area contributed by atoms with Gasteiger partial charge >= 0.3 is 0 Å². The van der Waals surface area contributed by atoms with Gasteiger partial charge in [-0.3, -0.25) is 9.36 Å². The Morgan fingerprint density at radius 1 is 1.19 bits per heavy atom. The summed E-state index contributed by atoms with van der Waals surface area (Å²) in [6, 6.07) is 8.99. The maximum atomic E-state index is 13.7. The third-order valence-electron chi connectivity index (χ3n) is 3.16. The molecule has 3 rings (SSSR count). The fourth-order valence-electron chi connectivity index (χ4n) is 2.10. The summed E-state index contributed by atoms with van der Waals surface area (Å²) in [6.45, 7) is -0.0680. The van der Waals surface area contributed by atoms with Crippen LogP contribution in [0.15, 0.2) is 52.0 Å². The SMILES string of the molecule is O=c1c2ccc(Br)cc2ncn1Cc1cccc(F)c1F. The summed E-state index contributed by atoms with van der Waals surface area (Å²) < 4.78 is 28.9. The van der Waals surface area contributed by atoms with Gasteiger partial charge in [0, 0.05) is 10.0 Å². The molecular weight excluding hydrogens is 342 g/mol. The predicted octanol–water partition coefficient (Wildman–Crippen LogP) is 3.49. The molecule has 1 heterocycles. The topological polar surface area (TPSA) is 34.9 Å². The summed E-state index contributed by atoms with van der Waals surface area (Å²) in [6.07, 6.45) is 1.33. The summed E-state index contributed by atoms with van der Waals surface area (Å²) in [5.74, 6) is -1.88. The Morgan fingerprint density at radius 3 is 2.81 bits per heavy atom. The first kappa shape index (κ1) is 13.9. The lowest BCUT2D eigenvalue weighted by Gasteiger charge is -2.08. The van der Waals surface area contributed by atoms with E-state index in [2.05, 4.69) is 20.9 Å². The maximum Gasteiger partial charge on any atom is 0.261 e. The summed E-state index contributed by atoms with van der Waals surface area (Å²) in [5.41, 5.74) is 0.358. The van der Waals surface area contributed by atoms with Gasteiger partial charge in [-0.05, 0) is 24.3 Å². The Morgan fingerprint density at radius 2 is 2.00 bits per heavy atom. The van der Waals surface area contributed by atoms with Gasteiger partial charge in [-0.15, -0.1) is 0 Å². The van der Waals surface area contributed by atoms with E-state index in [-0.39, 0.29) is 17.7 Å². The normalized spacial score (nSPS) is 11.0. The molecule has 0 aliphatic rings. The van der Waals surface area contributed by atoms with E-state index in [1.807, 2.05) is 0 Å². The summed E-state index contributed by atoms with van der Waals surface area (Å²) in [7, 11) is 0. The average Bonchev–Trinajstić information content (AvgIpc) is 2.46. The fraction of sp³-hybridized carbons (Fsp3) is 0.0667. The minimum atomic E-state index is -0.944. The molecule has 0 aliphatic heterocycles. The van der Waals surface area contributed by atoms with Crippen molar-refractivity contribution in [2.24, 2.45) is 0 Å². The highest BCUT2D eigenvalue weighted by Crippen LogP contribution is 2.16. The number of nitrogens with zero attached hydrogens (tertiary/aromatic N) is 2. The van der Waals surface area contributed by atoms with E-state index in [9.17, 15) is 13.6 Å². The molecule has 0 saturated heterocycles. The summed E-state index contributed by atoms with van der Waals surface area (Å²) in [4.78, 5) is 16.5. The lowest BCUT2D eigenvalue weighted by Crippen LogP contribution is -2.21. The highest BCUT2D eigenvalue weighted by Gasteiger charge is 2.10. The van der Waals surface area contributed by atoms with Crippen molar-refractivity contribution in [1.29, 1.82) is 0 Å². The molecule has 0 unspecified atom stereocenters. The van der Waals surface area contributed by atoms with Crippen LogP contribution in [0.3, 0.4) is 0 Å². The number of aromatic nitrogens is 2. The molecule has 0 radical (unpaired) electrons. The number of rotatable bonds is 2. The zero-order chi connectivity index (χ0) is 15.0. The first-order chi connectivity index (χ1) is 10.1. The lowest BCUT2D eigenvalue weighted by atomic mass is 10.2. The standard InChI is InChI=1S/C15H9BrF2N2O/c16-10-4-5-11-13(6-10)19-8-20(15(11)21)7-9-2-1-3-12(17)14(9)18/h1-6,8H,7H2. The van der Waals surface area contributed by atoms with Gasteiger partial charge in [0.25, 0.3) is 5.56 Å². The van der Waals surface area contributed by atoms with Crippen LogP contribution in [-0.2, 0) is 6.54 Å². The monoisotopic (exact) mass is 350 g/mol. The van der Waals surface area contributed by atoms with Gasteiger partial charge in [-0.1, -0.05) is 28.1 Å². The number of halogens is 3. The number of hydrogen-bond donors (Lipinski definition) is 0. The second-order valence-electron chi connectivity index (χ2n) is 4.55. The molecule has 0 fully saturated rings. The van der Waals surface area contributed by atoms with E-state index in [0.29, 0.717) is 10.9 Å². The third-order valence-corrected chi connectivity index (χ3v) is 3.65. The lowest BCUT2D eigenvalue weighted by molar-refractivity contribution is 0.494. The number of hydrogen-bond acceptors (Lipinski definition) is 2. The third kappa shape index (κ3) is 2.58. The minimum absolute atomic E-state index is 0.0680. The molecule has 0 N–H and O–H groups in total. The van der Waals surface area contributed by atoms with E-state index < -0.39 is 11.6 Å². The molecular formula is C15H9BrF2N2O.